The maximum Gasteiger partial charge on any atom is 0.125 e. The van der Waals surface area contributed by atoms with Gasteiger partial charge in [-0.1, -0.05) is 23.2 Å². The summed E-state index contributed by atoms with van der Waals surface area (Å²) in [6.45, 7) is 0. The van der Waals surface area contributed by atoms with Crippen LogP contribution in [-0.4, -0.2) is 11.3 Å². The Labute approximate surface area is 101 Å². The minimum absolute atomic E-state index is 0.149. The summed E-state index contributed by atoms with van der Waals surface area (Å²) in [6.07, 6.45) is 2.34. The maximum atomic E-state index is 13.2. The highest BCUT2D eigenvalue weighted by Crippen LogP contribution is 2.30. The molecule has 2 aromatic rings. The van der Waals surface area contributed by atoms with Crippen molar-refractivity contribution in [3.05, 3.63) is 39.8 Å². The Hall–Kier alpha value is -1.19. The van der Waals surface area contributed by atoms with Gasteiger partial charge in [-0.15, -0.1) is 0 Å². The van der Waals surface area contributed by atoms with Gasteiger partial charge in [0.05, 0.1) is 15.6 Å². The smallest absolute Gasteiger partial charge is 0.125 e. The van der Waals surface area contributed by atoms with Crippen molar-refractivity contribution in [2.24, 2.45) is 0 Å². The lowest BCUT2D eigenvalue weighted by atomic mass is 10.1. The van der Waals surface area contributed by atoms with E-state index in [1.165, 1.54) is 18.3 Å². The van der Waals surface area contributed by atoms with Crippen LogP contribution < -0.4 is 0 Å². The van der Waals surface area contributed by atoms with Gasteiger partial charge in [-0.3, -0.25) is 4.98 Å². The maximum absolute atomic E-state index is 13.2. The zero-order valence-electron chi connectivity index (χ0n) is 8.01. The number of carbonyl (C=O) groups is 1. The molecule has 0 bridgehead atoms. The fraction of sp³-hybridized carbons (Fsp3) is 0.0909. The van der Waals surface area contributed by atoms with Gasteiger partial charge in [0.1, 0.15) is 12.1 Å². The molecule has 16 heavy (non-hydrogen) atoms. The van der Waals surface area contributed by atoms with Crippen LogP contribution in [0, 0.1) is 5.82 Å². The molecule has 0 aliphatic rings. The lowest BCUT2D eigenvalue weighted by Gasteiger charge is -2.06. The summed E-state index contributed by atoms with van der Waals surface area (Å²) in [7, 11) is 0. The van der Waals surface area contributed by atoms with Gasteiger partial charge in [-0.2, -0.15) is 0 Å². The summed E-state index contributed by atoms with van der Waals surface area (Å²) in [4.78, 5) is 14.5. The Balaban J connectivity index is 2.77. The first kappa shape index (κ1) is 11.3. The van der Waals surface area contributed by atoms with E-state index < -0.39 is 5.82 Å². The van der Waals surface area contributed by atoms with E-state index in [4.69, 9.17) is 23.2 Å². The van der Waals surface area contributed by atoms with Crippen LogP contribution in [-0.2, 0) is 11.2 Å². The number of hydrogen-bond donors (Lipinski definition) is 0. The number of hydrogen-bond acceptors (Lipinski definition) is 2. The van der Waals surface area contributed by atoms with Crippen molar-refractivity contribution >= 4 is 40.4 Å². The minimum atomic E-state index is -0.482. The van der Waals surface area contributed by atoms with Crippen molar-refractivity contribution in [2.75, 3.05) is 0 Å². The SMILES string of the molecule is O=CCc1cnc2c(Cl)cc(F)cc2c1Cl. The molecule has 5 heteroatoms. The molecule has 0 aliphatic carbocycles. The molecule has 0 N–H and O–H groups in total. The minimum Gasteiger partial charge on any atom is -0.303 e. The van der Waals surface area contributed by atoms with E-state index in [1.54, 1.807) is 0 Å². The second-order valence-corrected chi connectivity index (χ2v) is 4.04. The molecule has 0 amide bonds. The zero-order valence-corrected chi connectivity index (χ0v) is 9.52. The lowest BCUT2D eigenvalue weighted by Crippen LogP contribution is -1.92. The van der Waals surface area contributed by atoms with Gasteiger partial charge in [0.25, 0.3) is 0 Å². The number of fused-ring (bicyclic) bond motifs is 1. The molecule has 82 valence electrons. The number of pyridine rings is 1. The number of aldehydes is 1. The highest BCUT2D eigenvalue weighted by atomic mass is 35.5. The Morgan fingerprint density at radius 3 is 2.81 bits per heavy atom. The zero-order chi connectivity index (χ0) is 11.7. The first-order valence-electron chi connectivity index (χ1n) is 4.49. The van der Waals surface area contributed by atoms with Gasteiger partial charge in [-0.25, -0.2) is 4.39 Å². The summed E-state index contributed by atoms with van der Waals surface area (Å²) in [5.74, 6) is -0.482. The molecule has 1 aromatic carbocycles. The standard InChI is InChI=1S/C11H6Cl2FNO/c12-9-4-7(14)3-8-10(13)6(1-2-16)5-15-11(8)9/h2-5H,1H2. The largest absolute Gasteiger partial charge is 0.303 e. The van der Waals surface area contributed by atoms with Crippen molar-refractivity contribution in [3.63, 3.8) is 0 Å². The fourth-order valence-corrected chi connectivity index (χ4v) is 1.99. The van der Waals surface area contributed by atoms with Gasteiger partial charge in [0, 0.05) is 18.0 Å². The number of rotatable bonds is 2. The summed E-state index contributed by atoms with van der Waals surface area (Å²) in [6, 6.07) is 2.43. The predicted molar refractivity (Wildman–Crippen MR) is 61.5 cm³/mol. The van der Waals surface area contributed by atoms with Crippen LogP contribution in [0.4, 0.5) is 4.39 Å². The van der Waals surface area contributed by atoms with E-state index in [-0.39, 0.29) is 11.4 Å². The Morgan fingerprint density at radius 1 is 1.38 bits per heavy atom. The molecular weight excluding hydrogens is 252 g/mol. The number of carbonyl (C=O) groups excluding carboxylic acids is 1. The number of benzene rings is 1. The van der Waals surface area contributed by atoms with E-state index in [1.807, 2.05) is 0 Å². The summed E-state index contributed by atoms with van der Waals surface area (Å²) in [5, 5.41) is 0.944. The van der Waals surface area contributed by atoms with Crippen LogP contribution in [0.2, 0.25) is 10.0 Å². The highest BCUT2D eigenvalue weighted by Gasteiger charge is 2.10. The molecule has 0 aliphatic heterocycles. The van der Waals surface area contributed by atoms with Crippen molar-refractivity contribution in [1.29, 1.82) is 0 Å². The third-order valence-corrected chi connectivity index (χ3v) is 2.93. The molecule has 0 fully saturated rings. The van der Waals surface area contributed by atoms with Gasteiger partial charge >= 0.3 is 0 Å². The first-order chi connectivity index (χ1) is 7.63. The van der Waals surface area contributed by atoms with Crippen LogP contribution in [0.3, 0.4) is 0 Å². The van der Waals surface area contributed by atoms with Crippen LogP contribution in [0.15, 0.2) is 18.3 Å². The normalized spacial score (nSPS) is 10.7. The summed E-state index contributed by atoms with van der Waals surface area (Å²) < 4.78 is 13.2. The molecule has 1 aromatic heterocycles. The first-order valence-corrected chi connectivity index (χ1v) is 5.25. The number of halogens is 3. The van der Waals surface area contributed by atoms with E-state index in [9.17, 15) is 9.18 Å². The molecule has 0 spiro atoms. The van der Waals surface area contributed by atoms with E-state index >= 15 is 0 Å². The predicted octanol–water partition coefficient (Wildman–Crippen LogP) is 3.42. The van der Waals surface area contributed by atoms with Crippen molar-refractivity contribution in [3.8, 4) is 0 Å². The summed E-state index contributed by atoms with van der Waals surface area (Å²) in [5.41, 5.74) is 0.994. The van der Waals surface area contributed by atoms with Gasteiger partial charge in [0.2, 0.25) is 0 Å². The quantitative estimate of drug-likeness (QED) is 0.772. The van der Waals surface area contributed by atoms with E-state index in [0.29, 0.717) is 21.5 Å². The molecule has 0 unspecified atom stereocenters. The summed E-state index contributed by atoms with van der Waals surface area (Å²) >= 11 is 11.9. The fourth-order valence-electron chi connectivity index (χ4n) is 1.47. The Morgan fingerprint density at radius 2 is 2.12 bits per heavy atom. The molecule has 2 rings (SSSR count). The van der Waals surface area contributed by atoms with Crippen molar-refractivity contribution in [1.82, 2.24) is 4.98 Å². The molecule has 0 atom stereocenters. The number of aromatic nitrogens is 1. The second kappa shape index (κ2) is 4.36. The van der Waals surface area contributed by atoms with Crippen LogP contribution in [0.25, 0.3) is 10.9 Å². The second-order valence-electron chi connectivity index (χ2n) is 3.25. The molecular formula is C11H6Cl2FNO. The lowest BCUT2D eigenvalue weighted by molar-refractivity contribution is -0.107. The molecule has 0 radical (unpaired) electrons. The molecule has 0 saturated carbocycles. The molecule has 0 saturated heterocycles. The van der Waals surface area contributed by atoms with E-state index in [2.05, 4.69) is 4.98 Å². The van der Waals surface area contributed by atoms with Gasteiger partial charge in [0.15, 0.2) is 0 Å². The van der Waals surface area contributed by atoms with E-state index in [0.717, 1.165) is 6.29 Å². The third-order valence-electron chi connectivity index (χ3n) is 2.20. The van der Waals surface area contributed by atoms with Gasteiger partial charge < -0.3 is 4.79 Å². The average Bonchev–Trinajstić information content (AvgIpc) is 2.23. The monoisotopic (exact) mass is 257 g/mol. The molecule has 1 heterocycles. The highest BCUT2D eigenvalue weighted by molar-refractivity contribution is 6.39. The Kier molecular flexibility index (Phi) is 3.08. The van der Waals surface area contributed by atoms with Crippen LogP contribution in [0.1, 0.15) is 5.56 Å². The van der Waals surface area contributed by atoms with Crippen molar-refractivity contribution in [2.45, 2.75) is 6.42 Å². The van der Waals surface area contributed by atoms with Crippen molar-refractivity contribution < 1.29 is 9.18 Å². The average molecular weight is 258 g/mol. The molecule has 2 nitrogen and oxygen atoms in total. The number of nitrogens with zero attached hydrogens (tertiary/aromatic N) is 1. The third kappa shape index (κ3) is 1.88. The van der Waals surface area contributed by atoms with Crippen LogP contribution in [0.5, 0.6) is 0 Å². The topological polar surface area (TPSA) is 30.0 Å². The van der Waals surface area contributed by atoms with Crippen LogP contribution >= 0.6 is 23.2 Å². The Bertz CT molecular complexity index is 571. The van der Waals surface area contributed by atoms with Gasteiger partial charge in [-0.05, 0) is 17.7 Å².